The predicted molar refractivity (Wildman–Crippen MR) is 116 cm³/mol. The third kappa shape index (κ3) is 3.97. The van der Waals surface area contributed by atoms with Crippen molar-refractivity contribution in [1.82, 2.24) is 0 Å². The van der Waals surface area contributed by atoms with Crippen LogP contribution in [0.5, 0.6) is 0 Å². The van der Waals surface area contributed by atoms with Crippen molar-refractivity contribution in [3.05, 3.63) is 119 Å². The molecule has 0 amide bonds. The molecular formula is C26H21Cl. The Morgan fingerprint density at radius 3 is 2.04 bits per heavy atom. The molecule has 0 aliphatic carbocycles. The molecule has 0 fully saturated rings. The van der Waals surface area contributed by atoms with Gasteiger partial charge in [0, 0.05) is 5.02 Å². The van der Waals surface area contributed by atoms with Crippen molar-refractivity contribution in [2.75, 3.05) is 0 Å². The van der Waals surface area contributed by atoms with E-state index in [1.54, 1.807) is 0 Å². The van der Waals surface area contributed by atoms with E-state index < -0.39 is 0 Å². The predicted octanol–water partition coefficient (Wildman–Crippen LogP) is 7.57. The van der Waals surface area contributed by atoms with Gasteiger partial charge in [-0.2, -0.15) is 0 Å². The van der Waals surface area contributed by atoms with E-state index in [0.29, 0.717) is 0 Å². The van der Waals surface area contributed by atoms with Gasteiger partial charge < -0.3 is 0 Å². The molecule has 4 rings (SSSR count). The maximum absolute atomic E-state index is 6.02. The van der Waals surface area contributed by atoms with Crippen LogP contribution in [0.25, 0.3) is 22.3 Å². The SMILES string of the molecule is Cc1cc(-c2ccc(Cl)cc2)ccc1-c1ccccc1Cc1ccccc1. The highest BCUT2D eigenvalue weighted by atomic mass is 35.5. The molecule has 0 N–H and O–H groups in total. The molecule has 0 unspecified atom stereocenters. The van der Waals surface area contributed by atoms with E-state index in [0.717, 1.165) is 11.4 Å². The topological polar surface area (TPSA) is 0 Å². The fourth-order valence-corrected chi connectivity index (χ4v) is 3.67. The molecular weight excluding hydrogens is 348 g/mol. The van der Waals surface area contributed by atoms with Crippen LogP contribution >= 0.6 is 11.6 Å². The summed E-state index contributed by atoms with van der Waals surface area (Å²) < 4.78 is 0. The average Bonchev–Trinajstić information content (AvgIpc) is 2.70. The smallest absolute Gasteiger partial charge is 0.0406 e. The second-order valence-corrected chi connectivity index (χ2v) is 7.29. The second-order valence-electron chi connectivity index (χ2n) is 6.86. The fraction of sp³-hybridized carbons (Fsp3) is 0.0769. The van der Waals surface area contributed by atoms with Crippen LogP contribution in [0.2, 0.25) is 5.02 Å². The quantitative estimate of drug-likeness (QED) is 0.348. The first-order chi connectivity index (χ1) is 13.2. The van der Waals surface area contributed by atoms with Crippen molar-refractivity contribution in [2.24, 2.45) is 0 Å². The highest BCUT2D eigenvalue weighted by Crippen LogP contribution is 2.32. The molecule has 27 heavy (non-hydrogen) atoms. The zero-order valence-corrected chi connectivity index (χ0v) is 16.1. The Morgan fingerprint density at radius 2 is 1.30 bits per heavy atom. The van der Waals surface area contributed by atoms with Crippen LogP contribution in [0.4, 0.5) is 0 Å². The van der Waals surface area contributed by atoms with Gasteiger partial charge in [0.1, 0.15) is 0 Å². The van der Waals surface area contributed by atoms with Gasteiger partial charge in [0.15, 0.2) is 0 Å². The van der Waals surface area contributed by atoms with Gasteiger partial charge >= 0.3 is 0 Å². The zero-order valence-electron chi connectivity index (χ0n) is 15.3. The van der Waals surface area contributed by atoms with Gasteiger partial charge in [0.05, 0.1) is 0 Å². The summed E-state index contributed by atoms with van der Waals surface area (Å²) in [5, 5.41) is 0.766. The molecule has 0 aliphatic heterocycles. The van der Waals surface area contributed by atoms with Crippen molar-refractivity contribution < 1.29 is 0 Å². The van der Waals surface area contributed by atoms with E-state index in [9.17, 15) is 0 Å². The molecule has 4 aromatic rings. The minimum atomic E-state index is 0.766. The number of rotatable bonds is 4. The molecule has 0 bridgehead atoms. The molecule has 0 aromatic heterocycles. The lowest BCUT2D eigenvalue weighted by Gasteiger charge is -2.14. The third-order valence-corrected chi connectivity index (χ3v) is 5.20. The lowest BCUT2D eigenvalue weighted by atomic mass is 9.91. The molecule has 4 aromatic carbocycles. The molecule has 0 heterocycles. The zero-order chi connectivity index (χ0) is 18.6. The van der Waals surface area contributed by atoms with Crippen LogP contribution in [-0.4, -0.2) is 0 Å². The average molecular weight is 369 g/mol. The Morgan fingerprint density at radius 1 is 0.630 bits per heavy atom. The van der Waals surface area contributed by atoms with Crippen molar-refractivity contribution >= 4 is 11.6 Å². The number of aryl methyl sites for hydroxylation is 1. The minimum absolute atomic E-state index is 0.766. The van der Waals surface area contributed by atoms with Crippen molar-refractivity contribution in [3.8, 4) is 22.3 Å². The molecule has 0 atom stereocenters. The molecule has 0 nitrogen and oxygen atoms in total. The first-order valence-electron chi connectivity index (χ1n) is 9.19. The van der Waals surface area contributed by atoms with Gasteiger partial charge in [-0.3, -0.25) is 0 Å². The maximum atomic E-state index is 6.02. The summed E-state index contributed by atoms with van der Waals surface area (Å²) >= 11 is 6.02. The van der Waals surface area contributed by atoms with Gasteiger partial charge in [-0.1, -0.05) is 96.5 Å². The summed E-state index contributed by atoms with van der Waals surface area (Å²) in [6, 6.07) is 34.1. The summed E-state index contributed by atoms with van der Waals surface area (Å²) in [5.74, 6) is 0. The van der Waals surface area contributed by atoms with Crippen LogP contribution < -0.4 is 0 Å². The molecule has 0 aliphatic rings. The van der Waals surface area contributed by atoms with Crippen molar-refractivity contribution in [3.63, 3.8) is 0 Å². The Hall–Kier alpha value is -2.83. The first kappa shape index (κ1) is 17.6. The second kappa shape index (κ2) is 7.82. The summed E-state index contributed by atoms with van der Waals surface area (Å²) in [4.78, 5) is 0. The van der Waals surface area contributed by atoms with Gasteiger partial charge in [0.2, 0.25) is 0 Å². The van der Waals surface area contributed by atoms with Crippen molar-refractivity contribution in [1.29, 1.82) is 0 Å². The summed E-state index contributed by atoms with van der Waals surface area (Å²) in [6.07, 6.45) is 0.940. The van der Waals surface area contributed by atoms with Crippen LogP contribution in [-0.2, 0) is 6.42 Å². The first-order valence-corrected chi connectivity index (χ1v) is 9.57. The molecule has 0 saturated heterocycles. The van der Waals surface area contributed by atoms with E-state index in [4.69, 9.17) is 11.6 Å². The molecule has 0 saturated carbocycles. The van der Waals surface area contributed by atoms with Gasteiger partial charge in [-0.25, -0.2) is 0 Å². The van der Waals surface area contributed by atoms with E-state index in [1.165, 1.54) is 38.9 Å². The Kier molecular flexibility index (Phi) is 5.09. The third-order valence-electron chi connectivity index (χ3n) is 4.95. The van der Waals surface area contributed by atoms with E-state index >= 15 is 0 Å². The summed E-state index contributed by atoms with van der Waals surface area (Å²) in [5.41, 5.74) is 8.97. The van der Waals surface area contributed by atoms with Crippen LogP contribution in [0.3, 0.4) is 0 Å². The normalized spacial score (nSPS) is 10.7. The van der Waals surface area contributed by atoms with Gasteiger partial charge in [-0.05, 0) is 64.4 Å². The van der Waals surface area contributed by atoms with Gasteiger partial charge in [0.25, 0.3) is 0 Å². The monoisotopic (exact) mass is 368 g/mol. The highest BCUT2D eigenvalue weighted by Gasteiger charge is 2.09. The minimum Gasteiger partial charge on any atom is -0.0843 e. The molecule has 0 spiro atoms. The van der Waals surface area contributed by atoms with Crippen LogP contribution in [0.1, 0.15) is 16.7 Å². The van der Waals surface area contributed by atoms with Crippen LogP contribution in [0, 0.1) is 6.92 Å². The van der Waals surface area contributed by atoms with E-state index in [1.807, 2.05) is 12.1 Å². The Balaban J connectivity index is 1.71. The standard InChI is InChI=1S/C26H21Cl/c1-19-17-22(21-11-14-24(27)15-12-21)13-16-25(19)26-10-6-5-9-23(26)18-20-7-3-2-4-8-20/h2-17H,18H2,1H3. The molecule has 1 heteroatoms. The van der Waals surface area contributed by atoms with Gasteiger partial charge in [-0.15, -0.1) is 0 Å². The maximum Gasteiger partial charge on any atom is 0.0406 e. The Bertz CT molecular complexity index is 1050. The number of benzene rings is 4. The number of hydrogen-bond donors (Lipinski definition) is 0. The fourth-order valence-electron chi connectivity index (χ4n) is 3.54. The molecule has 132 valence electrons. The number of hydrogen-bond acceptors (Lipinski definition) is 0. The molecule has 0 radical (unpaired) electrons. The van der Waals surface area contributed by atoms with Crippen LogP contribution in [0.15, 0.2) is 97.1 Å². The largest absolute Gasteiger partial charge is 0.0843 e. The Labute approximate surface area is 166 Å². The highest BCUT2D eigenvalue weighted by molar-refractivity contribution is 6.30. The summed E-state index contributed by atoms with van der Waals surface area (Å²) in [6.45, 7) is 2.19. The van der Waals surface area contributed by atoms with E-state index in [2.05, 4.69) is 91.9 Å². The number of halogens is 1. The van der Waals surface area contributed by atoms with Crippen molar-refractivity contribution in [2.45, 2.75) is 13.3 Å². The summed E-state index contributed by atoms with van der Waals surface area (Å²) in [7, 11) is 0. The lowest BCUT2D eigenvalue weighted by Crippen LogP contribution is -1.94. The van der Waals surface area contributed by atoms with E-state index in [-0.39, 0.29) is 0 Å². The lowest BCUT2D eigenvalue weighted by molar-refractivity contribution is 1.19.